The van der Waals surface area contributed by atoms with Crippen LogP contribution < -0.4 is 0 Å². The molecule has 1 spiro atoms. The molecule has 0 aliphatic carbocycles. The molecule has 116 valence electrons. The summed E-state index contributed by atoms with van der Waals surface area (Å²) in [5.74, 6) is 0.199. The van der Waals surface area contributed by atoms with Crippen molar-refractivity contribution >= 4 is 16.8 Å². The van der Waals surface area contributed by atoms with E-state index in [2.05, 4.69) is 46.5 Å². The molecule has 0 N–H and O–H groups in total. The Morgan fingerprint density at radius 3 is 2.73 bits per heavy atom. The van der Waals surface area contributed by atoms with Crippen LogP contribution in [0.3, 0.4) is 0 Å². The number of nitrogens with zero attached hydrogens (tertiary/aromatic N) is 3. The molecule has 2 aromatic rings. The summed E-state index contributed by atoms with van der Waals surface area (Å²) >= 11 is 0. The maximum absolute atomic E-state index is 13.0. The van der Waals surface area contributed by atoms with Crippen molar-refractivity contribution in [2.45, 2.75) is 19.9 Å². The lowest BCUT2D eigenvalue weighted by molar-refractivity contribution is 0.0292. The van der Waals surface area contributed by atoms with E-state index in [1.165, 1.54) is 0 Å². The lowest BCUT2D eigenvalue weighted by Crippen LogP contribution is -2.55. The van der Waals surface area contributed by atoms with Gasteiger partial charge < -0.3 is 14.4 Å². The number of fused-ring (bicyclic) bond motifs is 1. The smallest absolute Gasteiger partial charge is 0.270 e. The summed E-state index contributed by atoms with van der Waals surface area (Å²) in [5.41, 5.74) is 2.37. The fraction of sp³-hybridized carbons (Fsp3) is 0.500. The molecule has 4 rings (SSSR count). The minimum atomic E-state index is 0.199. The molecule has 2 saturated heterocycles. The summed E-state index contributed by atoms with van der Waals surface area (Å²) in [6, 6.07) is 10.3. The van der Waals surface area contributed by atoms with Crippen molar-refractivity contribution in [1.29, 1.82) is 0 Å². The van der Waals surface area contributed by atoms with Crippen LogP contribution >= 0.6 is 0 Å². The van der Waals surface area contributed by atoms with Crippen LogP contribution in [0.5, 0.6) is 0 Å². The topological polar surface area (TPSA) is 28.5 Å². The number of benzene rings is 1. The summed E-state index contributed by atoms with van der Waals surface area (Å²) in [7, 11) is 2.16. The zero-order chi connectivity index (χ0) is 15.3. The first-order valence-electron chi connectivity index (χ1n) is 8.18. The average Bonchev–Trinajstić information content (AvgIpc) is 3.07. The van der Waals surface area contributed by atoms with E-state index in [-0.39, 0.29) is 5.91 Å². The highest BCUT2D eigenvalue weighted by Gasteiger charge is 2.47. The van der Waals surface area contributed by atoms with Crippen LogP contribution in [0.4, 0.5) is 0 Å². The van der Waals surface area contributed by atoms with Crippen LogP contribution in [0.25, 0.3) is 10.9 Å². The summed E-state index contributed by atoms with van der Waals surface area (Å²) in [6.07, 6.45) is 1.15. The van der Waals surface area contributed by atoms with Gasteiger partial charge in [-0.15, -0.1) is 0 Å². The summed E-state index contributed by atoms with van der Waals surface area (Å²) < 4.78 is 2.15. The highest BCUT2D eigenvalue weighted by atomic mass is 16.2. The molecule has 22 heavy (non-hydrogen) atoms. The maximum atomic E-state index is 13.0. The number of likely N-dealkylation sites (tertiary alicyclic amines) is 2. The standard InChI is InChI=1S/C18H23N3O/c1-3-21-15-7-5-4-6-14(15)10-16(21)17(22)20-9-8-18(13-20)11-19(2)12-18/h4-7,10H,3,8-9,11-13H2,1-2H3. The maximum Gasteiger partial charge on any atom is 0.270 e. The van der Waals surface area contributed by atoms with Crippen molar-refractivity contribution in [3.05, 3.63) is 36.0 Å². The van der Waals surface area contributed by atoms with Crippen molar-refractivity contribution in [2.75, 3.05) is 33.2 Å². The van der Waals surface area contributed by atoms with Crippen LogP contribution in [0, 0.1) is 5.41 Å². The second-order valence-corrected chi connectivity index (χ2v) is 6.98. The number of amides is 1. The van der Waals surface area contributed by atoms with Gasteiger partial charge in [0.2, 0.25) is 0 Å². The zero-order valence-corrected chi connectivity index (χ0v) is 13.4. The van der Waals surface area contributed by atoms with Crippen LogP contribution in [-0.4, -0.2) is 53.5 Å². The van der Waals surface area contributed by atoms with Crippen molar-refractivity contribution in [2.24, 2.45) is 5.41 Å². The molecule has 0 bridgehead atoms. The molecule has 0 radical (unpaired) electrons. The molecule has 1 amide bonds. The van der Waals surface area contributed by atoms with Gasteiger partial charge in [-0.25, -0.2) is 0 Å². The molecule has 1 aromatic heterocycles. The first-order chi connectivity index (χ1) is 10.6. The molecule has 0 atom stereocenters. The van der Waals surface area contributed by atoms with Crippen LogP contribution in [0.1, 0.15) is 23.8 Å². The van der Waals surface area contributed by atoms with E-state index in [0.717, 1.165) is 55.7 Å². The Labute approximate surface area is 131 Å². The molecule has 0 saturated carbocycles. The first-order valence-corrected chi connectivity index (χ1v) is 8.18. The van der Waals surface area contributed by atoms with E-state index < -0.39 is 0 Å². The van der Waals surface area contributed by atoms with E-state index in [9.17, 15) is 4.79 Å². The molecule has 0 unspecified atom stereocenters. The molecular formula is C18H23N3O. The van der Waals surface area contributed by atoms with Gasteiger partial charge in [-0.1, -0.05) is 18.2 Å². The number of carbonyl (C=O) groups is 1. The van der Waals surface area contributed by atoms with E-state index in [1.54, 1.807) is 0 Å². The lowest BCUT2D eigenvalue weighted by Gasteiger charge is -2.46. The largest absolute Gasteiger partial charge is 0.337 e. The van der Waals surface area contributed by atoms with Gasteiger partial charge in [-0.05, 0) is 32.5 Å². The van der Waals surface area contributed by atoms with Gasteiger partial charge >= 0.3 is 0 Å². The molecule has 2 fully saturated rings. The van der Waals surface area contributed by atoms with Gasteiger partial charge in [0.05, 0.1) is 0 Å². The lowest BCUT2D eigenvalue weighted by atomic mass is 9.79. The summed E-state index contributed by atoms with van der Waals surface area (Å²) in [6.45, 7) is 7.02. The predicted octanol–water partition coefficient (Wildman–Crippen LogP) is 2.44. The minimum Gasteiger partial charge on any atom is -0.337 e. The van der Waals surface area contributed by atoms with Crippen molar-refractivity contribution < 1.29 is 4.79 Å². The van der Waals surface area contributed by atoms with Gasteiger partial charge in [-0.2, -0.15) is 0 Å². The summed E-state index contributed by atoms with van der Waals surface area (Å²) in [4.78, 5) is 17.4. The Hall–Kier alpha value is -1.81. The van der Waals surface area contributed by atoms with E-state index in [4.69, 9.17) is 0 Å². The van der Waals surface area contributed by atoms with Gasteiger partial charge in [-0.3, -0.25) is 4.79 Å². The highest BCUT2D eigenvalue weighted by Crippen LogP contribution is 2.39. The SMILES string of the molecule is CCn1c(C(=O)N2CCC3(CN(C)C3)C2)cc2ccccc21. The third-order valence-corrected chi connectivity index (χ3v) is 5.28. The number of para-hydroxylation sites is 1. The Morgan fingerprint density at radius 2 is 2.00 bits per heavy atom. The van der Waals surface area contributed by atoms with Crippen molar-refractivity contribution in [3.8, 4) is 0 Å². The Morgan fingerprint density at radius 1 is 1.23 bits per heavy atom. The predicted molar refractivity (Wildman–Crippen MR) is 88.1 cm³/mol. The van der Waals surface area contributed by atoms with Gasteiger partial charge in [0.25, 0.3) is 5.91 Å². The Bertz CT molecular complexity index is 727. The third kappa shape index (κ3) is 1.97. The quantitative estimate of drug-likeness (QED) is 0.852. The number of aromatic nitrogens is 1. The zero-order valence-electron chi connectivity index (χ0n) is 13.4. The fourth-order valence-corrected chi connectivity index (χ4v) is 4.36. The number of aryl methyl sites for hydroxylation is 1. The number of carbonyl (C=O) groups excluding carboxylic acids is 1. The van der Waals surface area contributed by atoms with Crippen LogP contribution in [0.2, 0.25) is 0 Å². The fourth-order valence-electron chi connectivity index (χ4n) is 4.36. The van der Waals surface area contributed by atoms with Gasteiger partial charge in [0.1, 0.15) is 5.69 Å². The molecule has 4 heteroatoms. The van der Waals surface area contributed by atoms with Gasteiger partial charge in [0, 0.05) is 49.0 Å². The Kier molecular flexibility index (Phi) is 3.05. The van der Waals surface area contributed by atoms with Crippen molar-refractivity contribution in [1.82, 2.24) is 14.4 Å². The first kappa shape index (κ1) is 13.8. The second-order valence-electron chi connectivity index (χ2n) is 6.98. The number of rotatable bonds is 2. The highest BCUT2D eigenvalue weighted by molar-refractivity contribution is 5.99. The molecule has 1 aromatic carbocycles. The van der Waals surface area contributed by atoms with E-state index in [0.29, 0.717) is 5.41 Å². The third-order valence-electron chi connectivity index (χ3n) is 5.28. The molecule has 2 aliphatic heterocycles. The second kappa shape index (κ2) is 4.85. The van der Waals surface area contributed by atoms with Gasteiger partial charge in [0.15, 0.2) is 0 Å². The average molecular weight is 297 g/mol. The molecule has 3 heterocycles. The summed E-state index contributed by atoms with van der Waals surface area (Å²) in [5, 5.41) is 1.16. The van der Waals surface area contributed by atoms with Crippen LogP contribution in [0.15, 0.2) is 30.3 Å². The normalized spacial score (nSPS) is 20.7. The monoisotopic (exact) mass is 297 g/mol. The van der Waals surface area contributed by atoms with E-state index >= 15 is 0 Å². The molecule has 4 nitrogen and oxygen atoms in total. The number of hydrogen-bond acceptors (Lipinski definition) is 2. The van der Waals surface area contributed by atoms with E-state index in [1.807, 2.05) is 12.1 Å². The number of hydrogen-bond donors (Lipinski definition) is 0. The minimum absolute atomic E-state index is 0.199. The molecule has 2 aliphatic rings. The van der Waals surface area contributed by atoms with Crippen molar-refractivity contribution in [3.63, 3.8) is 0 Å². The molecular weight excluding hydrogens is 274 g/mol. The van der Waals surface area contributed by atoms with Crippen LogP contribution in [-0.2, 0) is 6.54 Å². The Balaban J connectivity index is 1.63.